The normalized spacial score (nSPS) is 25.2. The van der Waals surface area contributed by atoms with Crippen molar-refractivity contribution in [2.75, 3.05) is 6.61 Å². The Labute approximate surface area is 76.6 Å². The summed E-state index contributed by atoms with van der Waals surface area (Å²) in [6.07, 6.45) is -1.83. The molecule has 1 saturated heterocycles. The molecule has 1 fully saturated rings. The monoisotopic (exact) mass is 180 g/mol. The highest BCUT2D eigenvalue weighted by Crippen LogP contribution is 2.25. The zero-order chi connectivity index (χ0) is 9.26. The van der Waals surface area contributed by atoms with Crippen LogP contribution < -0.4 is 0 Å². The van der Waals surface area contributed by atoms with Gasteiger partial charge in [0.2, 0.25) is 0 Å². The Morgan fingerprint density at radius 2 is 1.85 bits per heavy atom. The zero-order valence-corrected chi connectivity index (χ0v) is 7.13. The van der Waals surface area contributed by atoms with Gasteiger partial charge >= 0.3 is 0 Å². The molecule has 1 aromatic rings. The second kappa shape index (κ2) is 3.46. The number of hydrogen-bond donors (Lipinski definition) is 2. The van der Waals surface area contributed by atoms with E-state index < -0.39 is 12.2 Å². The molecule has 0 aromatic heterocycles. The lowest BCUT2D eigenvalue weighted by atomic mass is 10.0. The van der Waals surface area contributed by atoms with Crippen LogP contribution in [0.1, 0.15) is 11.7 Å². The molecule has 3 heteroatoms. The quantitative estimate of drug-likeness (QED) is 0.665. The van der Waals surface area contributed by atoms with Gasteiger partial charge in [0.05, 0.1) is 6.61 Å². The van der Waals surface area contributed by atoms with Crippen molar-refractivity contribution in [2.45, 2.75) is 18.3 Å². The topological polar surface area (TPSA) is 53.0 Å². The fourth-order valence-electron chi connectivity index (χ4n) is 1.30. The molecule has 3 nitrogen and oxygen atoms in total. The average Bonchev–Trinajstić information content (AvgIpc) is 3.00. The largest absolute Gasteiger partial charge is 0.387 e. The smallest absolute Gasteiger partial charge is 0.112 e. The number of hydrogen-bond acceptors (Lipinski definition) is 3. The predicted octanol–water partition coefficient (Wildman–Crippen LogP) is 0.480. The highest BCUT2D eigenvalue weighted by Gasteiger charge is 2.36. The molecule has 0 aliphatic carbocycles. The summed E-state index contributed by atoms with van der Waals surface area (Å²) in [6.45, 7) is 0.547. The third kappa shape index (κ3) is 1.88. The molecule has 1 aromatic carbocycles. The molecule has 13 heavy (non-hydrogen) atoms. The number of benzene rings is 1. The van der Waals surface area contributed by atoms with Crippen LogP contribution in [0.15, 0.2) is 30.3 Å². The van der Waals surface area contributed by atoms with E-state index in [9.17, 15) is 10.2 Å². The second-order valence-electron chi connectivity index (χ2n) is 3.22. The first-order valence-electron chi connectivity index (χ1n) is 4.32. The van der Waals surface area contributed by atoms with E-state index in [1.54, 1.807) is 12.1 Å². The van der Waals surface area contributed by atoms with Crippen molar-refractivity contribution in [3.05, 3.63) is 35.9 Å². The maximum absolute atomic E-state index is 9.67. The molecule has 3 atom stereocenters. The first-order chi connectivity index (χ1) is 6.29. The van der Waals surface area contributed by atoms with Gasteiger partial charge in [-0.25, -0.2) is 0 Å². The van der Waals surface area contributed by atoms with Crippen molar-refractivity contribution in [1.29, 1.82) is 0 Å². The van der Waals surface area contributed by atoms with Crippen molar-refractivity contribution in [1.82, 2.24) is 0 Å². The Morgan fingerprint density at radius 1 is 1.23 bits per heavy atom. The lowest BCUT2D eigenvalue weighted by molar-refractivity contribution is 0.00162. The first-order valence-corrected chi connectivity index (χ1v) is 4.32. The van der Waals surface area contributed by atoms with Crippen LogP contribution in [-0.2, 0) is 4.74 Å². The van der Waals surface area contributed by atoms with Crippen LogP contribution in [0.5, 0.6) is 0 Å². The van der Waals surface area contributed by atoms with Crippen molar-refractivity contribution < 1.29 is 14.9 Å². The van der Waals surface area contributed by atoms with Crippen molar-refractivity contribution >= 4 is 0 Å². The fraction of sp³-hybridized carbons (Fsp3) is 0.400. The van der Waals surface area contributed by atoms with Crippen molar-refractivity contribution in [3.63, 3.8) is 0 Å². The van der Waals surface area contributed by atoms with E-state index in [2.05, 4.69) is 0 Å². The van der Waals surface area contributed by atoms with Gasteiger partial charge in [-0.2, -0.15) is 0 Å². The molecule has 0 amide bonds. The average molecular weight is 180 g/mol. The Bertz CT molecular complexity index is 269. The second-order valence-corrected chi connectivity index (χ2v) is 3.22. The van der Waals surface area contributed by atoms with E-state index in [4.69, 9.17) is 4.74 Å². The summed E-state index contributed by atoms with van der Waals surface area (Å²) < 4.78 is 4.90. The summed E-state index contributed by atoms with van der Waals surface area (Å²) in [5.41, 5.74) is 0.727. The van der Waals surface area contributed by atoms with E-state index in [1.165, 1.54) is 0 Å². The van der Waals surface area contributed by atoms with E-state index in [0.29, 0.717) is 6.61 Å². The third-order valence-electron chi connectivity index (χ3n) is 2.20. The summed E-state index contributed by atoms with van der Waals surface area (Å²) in [4.78, 5) is 0. The molecule has 1 aliphatic heterocycles. The first kappa shape index (κ1) is 8.69. The third-order valence-corrected chi connectivity index (χ3v) is 2.20. The van der Waals surface area contributed by atoms with Gasteiger partial charge in [0.25, 0.3) is 0 Å². The van der Waals surface area contributed by atoms with Gasteiger partial charge in [-0.05, 0) is 5.56 Å². The predicted molar refractivity (Wildman–Crippen MR) is 47.1 cm³/mol. The Balaban J connectivity index is 2.07. The van der Waals surface area contributed by atoms with Crippen molar-refractivity contribution in [3.8, 4) is 0 Å². The van der Waals surface area contributed by atoms with Crippen LogP contribution in [0.25, 0.3) is 0 Å². The lowest BCUT2D eigenvalue weighted by Gasteiger charge is -2.15. The van der Waals surface area contributed by atoms with E-state index in [0.717, 1.165) is 5.56 Å². The summed E-state index contributed by atoms with van der Waals surface area (Å²) >= 11 is 0. The summed E-state index contributed by atoms with van der Waals surface area (Å²) in [5.74, 6) is 0. The fourth-order valence-corrected chi connectivity index (χ4v) is 1.30. The number of ether oxygens (including phenoxy) is 1. The minimum atomic E-state index is -0.839. The summed E-state index contributed by atoms with van der Waals surface area (Å²) in [7, 11) is 0. The minimum absolute atomic E-state index is 0.185. The number of aliphatic hydroxyl groups is 2. The Kier molecular flexibility index (Phi) is 2.31. The maximum atomic E-state index is 9.67. The minimum Gasteiger partial charge on any atom is -0.387 e. The molecule has 1 heterocycles. The molecule has 1 aliphatic rings. The SMILES string of the molecule is O[C@H]([C@H](O)c1ccccc1)[C@H]1CO1. The van der Waals surface area contributed by atoms with Gasteiger partial charge in [-0.15, -0.1) is 0 Å². The number of rotatable bonds is 3. The standard InChI is InChI=1S/C10H12O3/c11-9(10(12)8-6-13-8)7-4-2-1-3-5-7/h1-5,8-12H,6H2/t8-,9-,10+/m1/s1. The van der Waals surface area contributed by atoms with Gasteiger partial charge < -0.3 is 14.9 Å². The molecule has 0 saturated carbocycles. The molecule has 0 radical (unpaired) electrons. The number of epoxide rings is 1. The maximum Gasteiger partial charge on any atom is 0.112 e. The number of aliphatic hydroxyl groups excluding tert-OH is 2. The molecule has 70 valence electrons. The lowest BCUT2D eigenvalue weighted by Crippen LogP contribution is -2.23. The molecule has 2 rings (SSSR count). The van der Waals surface area contributed by atoms with E-state index in [-0.39, 0.29) is 6.10 Å². The highest BCUT2D eigenvalue weighted by atomic mass is 16.6. The molecule has 0 unspecified atom stereocenters. The molecule has 0 spiro atoms. The molecular weight excluding hydrogens is 168 g/mol. The zero-order valence-electron chi connectivity index (χ0n) is 7.13. The molecule has 0 bridgehead atoms. The van der Waals surface area contributed by atoms with Crippen LogP contribution >= 0.6 is 0 Å². The summed E-state index contributed by atoms with van der Waals surface area (Å²) in [6, 6.07) is 9.11. The molecular formula is C10H12O3. The molecule has 2 N–H and O–H groups in total. The van der Waals surface area contributed by atoms with Crippen LogP contribution in [0, 0.1) is 0 Å². The van der Waals surface area contributed by atoms with Crippen LogP contribution in [0.2, 0.25) is 0 Å². The van der Waals surface area contributed by atoms with Crippen LogP contribution in [0.4, 0.5) is 0 Å². The summed E-state index contributed by atoms with van der Waals surface area (Å²) in [5, 5.41) is 19.2. The van der Waals surface area contributed by atoms with E-state index in [1.807, 2.05) is 18.2 Å². The van der Waals surface area contributed by atoms with Gasteiger partial charge in [-0.3, -0.25) is 0 Å². The van der Waals surface area contributed by atoms with Gasteiger partial charge in [0, 0.05) is 0 Å². The van der Waals surface area contributed by atoms with E-state index >= 15 is 0 Å². The van der Waals surface area contributed by atoms with Crippen LogP contribution in [0.3, 0.4) is 0 Å². The Morgan fingerprint density at radius 3 is 2.38 bits per heavy atom. The van der Waals surface area contributed by atoms with Gasteiger partial charge in [-0.1, -0.05) is 30.3 Å². The van der Waals surface area contributed by atoms with Crippen molar-refractivity contribution in [2.24, 2.45) is 0 Å². The van der Waals surface area contributed by atoms with Gasteiger partial charge in [0.1, 0.15) is 18.3 Å². The Hall–Kier alpha value is -0.900. The van der Waals surface area contributed by atoms with Gasteiger partial charge in [0.15, 0.2) is 0 Å². The highest BCUT2D eigenvalue weighted by molar-refractivity contribution is 5.19. The van der Waals surface area contributed by atoms with Crippen LogP contribution in [-0.4, -0.2) is 29.0 Å².